The summed E-state index contributed by atoms with van der Waals surface area (Å²) in [5.41, 5.74) is 4.09. The van der Waals surface area contributed by atoms with E-state index in [1.54, 1.807) is 4.90 Å². The second-order valence-corrected chi connectivity index (χ2v) is 12.2. The Morgan fingerprint density at radius 2 is 1.54 bits per heavy atom. The number of carbonyl (C=O) groups excluding carboxylic acids is 2. The number of hydrogen-bond donors (Lipinski definition) is 0. The Morgan fingerprint density at radius 1 is 0.811 bits per heavy atom. The number of nitrogens with zero attached hydrogens (tertiary/aromatic N) is 2. The number of benzene rings is 3. The first kappa shape index (κ1) is 22.7. The van der Waals surface area contributed by atoms with Gasteiger partial charge in [-0.1, -0.05) is 55.5 Å². The van der Waals surface area contributed by atoms with Crippen LogP contribution >= 0.6 is 11.8 Å². The van der Waals surface area contributed by atoms with E-state index in [2.05, 4.69) is 51.1 Å². The first-order valence-electron chi connectivity index (χ1n) is 12.7. The number of anilines is 2. The summed E-state index contributed by atoms with van der Waals surface area (Å²) in [6, 6.07) is 22.3. The number of fused-ring (bicyclic) bond motifs is 2. The van der Waals surface area contributed by atoms with Gasteiger partial charge in [0.05, 0.1) is 11.4 Å². The van der Waals surface area contributed by atoms with Gasteiger partial charge in [-0.3, -0.25) is 14.5 Å². The molecule has 7 heteroatoms. The van der Waals surface area contributed by atoms with E-state index in [1.165, 1.54) is 17.3 Å². The van der Waals surface area contributed by atoms with Crippen LogP contribution in [0.5, 0.6) is 11.5 Å². The van der Waals surface area contributed by atoms with E-state index < -0.39 is 10.4 Å². The number of ether oxygens (including phenoxy) is 2. The lowest BCUT2D eigenvalue weighted by Gasteiger charge is -2.50. The molecule has 37 heavy (non-hydrogen) atoms. The molecule has 3 aromatic rings. The van der Waals surface area contributed by atoms with Gasteiger partial charge >= 0.3 is 0 Å². The Balaban J connectivity index is 1.46. The van der Waals surface area contributed by atoms with E-state index in [4.69, 9.17) is 9.47 Å². The monoisotopic (exact) mass is 512 g/mol. The van der Waals surface area contributed by atoms with Crippen molar-refractivity contribution in [3.05, 3.63) is 83.4 Å². The van der Waals surface area contributed by atoms with Gasteiger partial charge in [-0.25, -0.2) is 0 Å². The van der Waals surface area contributed by atoms with Gasteiger partial charge in [-0.15, -0.1) is 11.8 Å². The topological polar surface area (TPSA) is 59.1 Å². The molecular formula is C30H28N2O4S. The highest BCUT2D eigenvalue weighted by molar-refractivity contribution is 8.02. The van der Waals surface area contributed by atoms with Crippen LogP contribution in [0.4, 0.5) is 11.4 Å². The lowest BCUT2D eigenvalue weighted by Crippen LogP contribution is -2.58. The maximum Gasteiger partial charge on any atom is 0.269 e. The average Bonchev–Trinajstić information content (AvgIpc) is 3.38. The highest BCUT2D eigenvalue weighted by atomic mass is 32.2. The Labute approximate surface area is 220 Å². The Hall–Kier alpha value is -3.45. The minimum Gasteiger partial charge on any atom is -0.486 e. The molecule has 188 valence electrons. The lowest BCUT2D eigenvalue weighted by molar-refractivity contribution is -0.124. The van der Waals surface area contributed by atoms with Crippen LogP contribution in [0.25, 0.3) is 0 Å². The third-order valence-electron chi connectivity index (χ3n) is 8.27. The molecular weight excluding hydrogens is 484 g/mol. The first-order valence-corrected chi connectivity index (χ1v) is 13.7. The van der Waals surface area contributed by atoms with Gasteiger partial charge in [0.15, 0.2) is 11.5 Å². The van der Waals surface area contributed by atoms with E-state index in [0.717, 1.165) is 23.2 Å². The summed E-state index contributed by atoms with van der Waals surface area (Å²) in [6.45, 7) is 7.50. The molecule has 1 fully saturated rings. The average molecular weight is 513 g/mol. The molecule has 1 saturated heterocycles. The molecule has 4 aliphatic rings. The van der Waals surface area contributed by atoms with Gasteiger partial charge < -0.3 is 14.4 Å². The fraction of sp³-hybridized carbons (Fsp3) is 0.333. The second-order valence-electron chi connectivity index (χ2n) is 11.0. The maximum atomic E-state index is 14.6. The van der Waals surface area contributed by atoms with Crippen molar-refractivity contribution in [3.8, 4) is 11.5 Å². The highest BCUT2D eigenvalue weighted by Crippen LogP contribution is 2.63. The molecule has 3 aromatic carbocycles. The van der Waals surface area contributed by atoms with E-state index in [1.807, 2.05) is 41.3 Å². The van der Waals surface area contributed by atoms with Crippen molar-refractivity contribution in [2.45, 2.75) is 43.0 Å². The Bertz CT molecular complexity index is 1470. The third-order valence-corrected chi connectivity index (χ3v) is 9.65. The molecule has 0 saturated carbocycles. The largest absolute Gasteiger partial charge is 0.486 e. The standard InChI is InChI=1S/C30H28N2O4S/c1-28(2)18-29(3,19-8-5-4-6-9-19)21-10-7-11-22-26(21)32(28)27(34)30(22)31(25(33)17-37-30)20-12-13-23-24(16-20)36-15-14-35-23/h4-13,16H,14-15,17-18H2,1-3H3/t29-,30-/m1/s1. The maximum absolute atomic E-state index is 14.6. The number of amides is 2. The van der Waals surface area contributed by atoms with Crippen molar-refractivity contribution in [1.82, 2.24) is 0 Å². The zero-order valence-corrected chi connectivity index (χ0v) is 21.9. The van der Waals surface area contributed by atoms with Crippen LogP contribution in [0.1, 0.15) is 43.9 Å². The zero-order valence-electron chi connectivity index (χ0n) is 21.1. The number of hydrogen-bond acceptors (Lipinski definition) is 5. The summed E-state index contributed by atoms with van der Waals surface area (Å²) >= 11 is 1.42. The van der Waals surface area contributed by atoms with Crippen molar-refractivity contribution in [3.63, 3.8) is 0 Å². The van der Waals surface area contributed by atoms with Gasteiger partial charge in [0.25, 0.3) is 5.91 Å². The molecule has 7 rings (SSSR count). The van der Waals surface area contributed by atoms with E-state index in [0.29, 0.717) is 30.4 Å². The van der Waals surface area contributed by atoms with Gasteiger partial charge in [-0.05, 0) is 43.5 Å². The summed E-state index contributed by atoms with van der Waals surface area (Å²) in [6.07, 6.45) is 0.769. The summed E-state index contributed by atoms with van der Waals surface area (Å²) in [7, 11) is 0. The van der Waals surface area contributed by atoms with Gasteiger partial charge in [0.2, 0.25) is 10.8 Å². The molecule has 1 spiro atoms. The van der Waals surface area contributed by atoms with Crippen LogP contribution in [0.3, 0.4) is 0 Å². The van der Waals surface area contributed by atoms with Crippen LogP contribution in [-0.2, 0) is 19.9 Å². The van der Waals surface area contributed by atoms with Crippen LogP contribution in [-0.4, -0.2) is 36.3 Å². The molecule has 0 N–H and O–H groups in total. The van der Waals surface area contributed by atoms with Crippen molar-refractivity contribution < 1.29 is 19.1 Å². The van der Waals surface area contributed by atoms with Gasteiger partial charge in [0, 0.05) is 28.3 Å². The quantitative estimate of drug-likeness (QED) is 0.471. The molecule has 0 aromatic heterocycles. The molecule has 0 unspecified atom stereocenters. The zero-order chi connectivity index (χ0) is 25.6. The Kier molecular flexibility index (Phi) is 4.63. The van der Waals surface area contributed by atoms with Crippen LogP contribution < -0.4 is 19.3 Å². The fourth-order valence-electron chi connectivity index (χ4n) is 6.88. The van der Waals surface area contributed by atoms with Crippen LogP contribution in [0.15, 0.2) is 66.7 Å². The predicted octanol–water partition coefficient (Wildman–Crippen LogP) is 5.23. The summed E-state index contributed by atoms with van der Waals surface area (Å²) in [5.74, 6) is 1.34. The van der Waals surface area contributed by atoms with Crippen molar-refractivity contribution >= 4 is 35.0 Å². The summed E-state index contributed by atoms with van der Waals surface area (Å²) in [5, 5.41) is 0. The highest BCUT2D eigenvalue weighted by Gasteiger charge is 2.66. The summed E-state index contributed by atoms with van der Waals surface area (Å²) < 4.78 is 11.5. The normalized spacial score (nSPS) is 27.1. The molecule has 6 nitrogen and oxygen atoms in total. The molecule has 4 aliphatic heterocycles. The second kappa shape index (κ2) is 7.54. The number of carbonyl (C=O) groups is 2. The predicted molar refractivity (Wildman–Crippen MR) is 145 cm³/mol. The van der Waals surface area contributed by atoms with Crippen LogP contribution in [0, 0.1) is 0 Å². The first-order chi connectivity index (χ1) is 17.8. The number of thioether (sulfide) groups is 1. The number of para-hydroxylation sites is 1. The Morgan fingerprint density at radius 3 is 2.32 bits per heavy atom. The lowest BCUT2D eigenvalue weighted by atomic mass is 9.65. The van der Waals surface area contributed by atoms with Gasteiger partial charge in [0.1, 0.15) is 13.2 Å². The van der Waals surface area contributed by atoms with Crippen LogP contribution in [0.2, 0.25) is 0 Å². The van der Waals surface area contributed by atoms with Gasteiger partial charge in [-0.2, -0.15) is 0 Å². The molecule has 4 heterocycles. The molecule has 0 radical (unpaired) electrons. The van der Waals surface area contributed by atoms with E-state index >= 15 is 0 Å². The summed E-state index contributed by atoms with van der Waals surface area (Å²) in [4.78, 5) is 30.7. The van der Waals surface area contributed by atoms with Crippen molar-refractivity contribution in [2.24, 2.45) is 0 Å². The molecule has 2 atom stereocenters. The third kappa shape index (κ3) is 2.89. The minimum atomic E-state index is -1.16. The fourth-order valence-corrected chi connectivity index (χ4v) is 8.21. The molecule has 2 amide bonds. The smallest absolute Gasteiger partial charge is 0.269 e. The SMILES string of the molecule is CC1(C)C[C@](C)(c2ccccc2)c2cccc3c2N1C(=O)[C@]31SCC(=O)N1c1ccc2c(c1)OCCO2. The van der Waals surface area contributed by atoms with E-state index in [9.17, 15) is 9.59 Å². The number of rotatable bonds is 2. The minimum absolute atomic E-state index is 0.0548. The van der Waals surface area contributed by atoms with Crippen molar-refractivity contribution in [1.29, 1.82) is 0 Å². The van der Waals surface area contributed by atoms with Crippen molar-refractivity contribution in [2.75, 3.05) is 28.8 Å². The molecule has 0 bridgehead atoms. The van der Waals surface area contributed by atoms with E-state index in [-0.39, 0.29) is 23.0 Å². The molecule has 0 aliphatic carbocycles.